The monoisotopic (exact) mass is 386 g/mol. The van der Waals surface area contributed by atoms with E-state index in [1.165, 1.54) is 13.3 Å². The summed E-state index contributed by atoms with van der Waals surface area (Å²) in [4.78, 5) is 21.0. The number of nitrogens with zero attached hydrogens (tertiary/aromatic N) is 2. The van der Waals surface area contributed by atoms with Crippen molar-refractivity contribution in [2.75, 3.05) is 17.7 Å². The molecule has 3 N–H and O–H groups in total. The number of benzene rings is 3. The Morgan fingerprint density at radius 2 is 1.69 bits per heavy atom. The fourth-order valence-electron chi connectivity index (χ4n) is 2.91. The second-order valence-electron chi connectivity index (χ2n) is 6.29. The molecule has 7 heteroatoms. The minimum atomic E-state index is -0.399. The number of fused-ring (bicyclic) bond motifs is 1. The van der Waals surface area contributed by atoms with Crippen molar-refractivity contribution in [2.24, 2.45) is 0 Å². The van der Waals surface area contributed by atoms with E-state index in [9.17, 15) is 9.90 Å². The largest absolute Gasteiger partial charge is 0.504 e. The number of hydrogen-bond donors (Lipinski definition) is 3. The van der Waals surface area contributed by atoms with Gasteiger partial charge in [-0.1, -0.05) is 30.3 Å². The number of hydrogen-bond acceptors (Lipinski definition) is 5. The van der Waals surface area contributed by atoms with Gasteiger partial charge in [-0.2, -0.15) is 0 Å². The Morgan fingerprint density at radius 3 is 2.48 bits per heavy atom. The van der Waals surface area contributed by atoms with Crippen LogP contribution < -0.4 is 15.4 Å². The molecule has 0 aliphatic rings. The van der Waals surface area contributed by atoms with E-state index in [-0.39, 0.29) is 5.75 Å². The zero-order chi connectivity index (χ0) is 20.2. The summed E-state index contributed by atoms with van der Waals surface area (Å²) in [5.41, 5.74) is 3.77. The third kappa shape index (κ3) is 4.08. The van der Waals surface area contributed by atoms with Gasteiger partial charge in [0.05, 0.1) is 24.3 Å². The van der Waals surface area contributed by atoms with Crippen molar-refractivity contribution in [3.05, 3.63) is 72.9 Å². The highest BCUT2D eigenvalue weighted by Gasteiger charge is 2.09. The molecule has 0 aliphatic carbocycles. The minimum absolute atomic E-state index is 0.0766. The maximum Gasteiger partial charge on any atom is 0.324 e. The third-order valence-corrected chi connectivity index (χ3v) is 4.33. The molecule has 0 unspecified atom stereocenters. The van der Waals surface area contributed by atoms with Crippen molar-refractivity contribution < 1.29 is 14.6 Å². The summed E-state index contributed by atoms with van der Waals surface area (Å²) in [6, 6.07) is 19.5. The van der Waals surface area contributed by atoms with Crippen LogP contribution in [0, 0.1) is 0 Å². The van der Waals surface area contributed by atoms with E-state index in [0.29, 0.717) is 28.3 Å². The van der Waals surface area contributed by atoms with Crippen molar-refractivity contribution >= 4 is 28.6 Å². The Morgan fingerprint density at radius 1 is 0.931 bits per heavy atom. The number of aromatic hydroxyl groups is 1. The summed E-state index contributed by atoms with van der Waals surface area (Å²) in [6.45, 7) is 0. The number of urea groups is 1. The fourth-order valence-corrected chi connectivity index (χ4v) is 2.91. The van der Waals surface area contributed by atoms with Gasteiger partial charge in [0.2, 0.25) is 0 Å². The quantitative estimate of drug-likeness (QED) is 0.474. The van der Waals surface area contributed by atoms with Crippen LogP contribution in [0.3, 0.4) is 0 Å². The number of carbonyl (C=O) groups excluding carboxylic acids is 1. The SMILES string of the molecule is COc1cc(-c2ccc3ncc(NC(=O)Nc4ccccc4)nc3c2)ccc1O. The molecule has 29 heavy (non-hydrogen) atoms. The Bertz CT molecular complexity index is 1180. The highest BCUT2D eigenvalue weighted by Crippen LogP contribution is 2.32. The molecular formula is C22H18N4O3. The van der Waals surface area contributed by atoms with Gasteiger partial charge in [0.25, 0.3) is 0 Å². The number of phenolic OH excluding ortho intramolecular Hbond substituents is 1. The molecule has 1 heterocycles. The van der Waals surface area contributed by atoms with Crippen LogP contribution in [0.15, 0.2) is 72.9 Å². The van der Waals surface area contributed by atoms with Crippen molar-refractivity contribution in [2.45, 2.75) is 0 Å². The number of nitrogens with one attached hydrogen (secondary N) is 2. The van der Waals surface area contributed by atoms with E-state index >= 15 is 0 Å². The number of methoxy groups -OCH3 is 1. The van der Waals surface area contributed by atoms with Crippen LogP contribution in [0.25, 0.3) is 22.2 Å². The molecule has 0 saturated carbocycles. The Labute approximate surface area is 167 Å². The Hall–Kier alpha value is -4.13. The molecular weight excluding hydrogens is 368 g/mol. The maximum absolute atomic E-state index is 12.2. The van der Waals surface area contributed by atoms with Gasteiger partial charge in [-0.25, -0.2) is 9.78 Å². The van der Waals surface area contributed by atoms with Crippen LogP contribution in [0.1, 0.15) is 0 Å². The predicted molar refractivity (Wildman–Crippen MR) is 112 cm³/mol. The second-order valence-corrected chi connectivity index (χ2v) is 6.29. The minimum Gasteiger partial charge on any atom is -0.504 e. The highest BCUT2D eigenvalue weighted by molar-refractivity contribution is 5.99. The number of ether oxygens (including phenoxy) is 1. The van der Waals surface area contributed by atoms with Gasteiger partial charge in [0, 0.05) is 5.69 Å². The van der Waals surface area contributed by atoms with Crippen molar-refractivity contribution in [3.63, 3.8) is 0 Å². The Kier molecular flexibility index (Phi) is 4.94. The third-order valence-electron chi connectivity index (χ3n) is 4.33. The molecule has 2 amide bonds. The zero-order valence-electron chi connectivity index (χ0n) is 15.6. The van der Waals surface area contributed by atoms with E-state index in [4.69, 9.17) is 4.74 Å². The first-order chi connectivity index (χ1) is 14.1. The molecule has 3 aromatic carbocycles. The van der Waals surface area contributed by atoms with Gasteiger partial charge in [0.1, 0.15) is 0 Å². The molecule has 0 aliphatic heterocycles. The first-order valence-electron chi connectivity index (χ1n) is 8.89. The van der Waals surface area contributed by atoms with Gasteiger partial charge in [-0.15, -0.1) is 0 Å². The molecule has 7 nitrogen and oxygen atoms in total. The normalized spacial score (nSPS) is 10.5. The van der Waals surface area contributed by atoms with Gasteiger partial charge in [-0.05, 0) is 47.5 Å². The maximum atomic E-state index is 12.2. The average molecular weight is 386 g/mol. The van der Waals surface area contributed by atoms with Crippen molar-refractivity contribution in [3.8, 4) is 22.6 Å². The van der Waals surface area contributed by atoms with E-state index < -0.39 is 6.03 Å². The lowest BCUT2D eigenvalue weighted by atomic mass is 10.0. The predicted octanol–water partition coefficient (Wildman–Crippen LogP) is 4.66. The van der Waals surface area contributed by atoms with Crippen LogP contribution in [-0.4, -0.2) is 28.2 Å². The van der Waals surface area contributed by atoms with Crippen LogP contribution in [0.2, 0.25) is 0 Å². The number of rotatable bonds is 4. The Balaban J connectivity index is 1.59. The fraction of sp³-hybridized carbons (Fsp3) is 0.0455. The molecule has 0 saturated heterocycles. The van der Waals surface area contributed by atoms with Crippen LogP contribution in [0.5, 0.6) is 11.5 Å². The second kappa shape index (κ2) is 7.85. The molecule has 1 aromatic heterocycles. The summed E-state index contributed by atoms with van der Waals surface area (Å²) in [7, 11) is 1.50. The lowest BCUT2D eigenvalue weighted by Gasteiger charge is -2.09. The summed E-state index contributed by atoms with van der Waals surface area (Å²) in [6.07, 6.45) is 1.51. The number of para-hydroxylation sites is 1. The number of phenols is 1. The molecule has 4 aromatic rings. The molecule has 0 fully saturated rings. The molecule has 0 spiro atoms. The van der Waals surface area contributed by atoms with E-state index in [1.54, 1.807) is 30.3 Å². The standard InChI is InChI=1S/C22H18N4O3/c1-29-20-12-15(8-10-19(20)27)14-7-9-17-18(11-14)25-21(13-23-17)26-22(28)24-16-5-3-2-4-6-16/h2-13,27H,1H3,(H2,24,25,26,28). The first-order valence-corrected chi connectivity index (χ1v) is 8.89. The highest BCUT2D eigenvalue weighted by atomic mass is 16.5. The smallest absolute Gasteiger partial charge is 0.324 e. The van der Waals surface area contributed by atoms with E-state index in [0.717, 1.165) is 11.1 Å². The van der Waals surface area contributed by atoms with Crippen LogP contribution in [-0.2, 0) is 0 Å². The molecule has 4 rings (SSSR count). The summed E-state index contributed by atoms with van der Waals surface area (Å²) < 4.78 is 5.17. The van der Waals surface area contributed by atoms with E-state index in [2.05, 4.69) is 20.6 Å². The number of aromatic nitrogens is 2. The topological polar surface area (TPSA) is 96.4 Å². The molecule has 0 bridgehead atoms. The van der Waals surface area contributed by atoms with E-state index in [1.807, 2.05) is 36.4 Å². The molecule has 0 atom stereocenters. The first kappa shape index (κ1) is 18.2. The van der Waals surface area contributed by atoms with Gasteiger partial charge < -0.3 is 15.2 Å². The summed E-state index contributed by atoms with van der Waals surface area (Å²) in [5.74, 6) is 0.806. The van der Waals surface area contributed by atoms with Crippen molar-refractivity contribution in [1.29, 1.82) is 0 Å². The van der Waals surface area contributed by atoms with Gasteiger partial charge in [-0.3, -0.25) is 10.3 Å². The number of carbonyl (C=O) groups is 1. The van der Waals surface area contributed by atoms with Gasteiger partial charge in [0.15, 0.2) is 17.3 Å². The summed E-state index contributed by atoms with van der Waals surface area (Å²) in [5, 5.41) is 15.2. The number of anilines is 2. The summed E-state index contributed by atoms with van der Waals surface area (Å²) >= 11 is 0. The molecule has 144 valence electrons. The lowest BCUT2D eigenvalue weighted by molar-refractivity contribution is 0.262. The van der Waals surface area contributed by atoms with Gasteiger partial charge >= 0.3 is 6.03 Å². The van der Waals surface area contributed by atoms with Crippen molar-refractivity contribution in [1.82, 2.24) is 9.97 Å². The number of amides is 2. The van der Waals surface area contributed by atoms with Crippen LogP contribution in [0.4, 0.5) is 16.3 Å². The average Bonchev–Trinajstić information content (AvgIpc) is 2.74. The molecule has 0 radical (unpaired) electrons. The van der Waals surface area contributed by atoms with Crippen LogP contribution >= 0.6 is 0 Å². The lowest BCUT2D eigenvalue weighted by Crippen LogP contribution is -2.20. The zero-order valence-corrected chi connectivity index (χ0v) is 15.6.